The summed E-state index contributed by atoms with van der Waals surface area (Å²) in [5, 5.41) is 3.43. The van der Waals surface area contributed by atoms with Crippen LogP contribution in [0.4, 0.5) is 0 Å². The summed E-state index contributed by atoms with van der Waals surface area (Å²) in [5.41, 5.74) is 1.22. The lowest BCUT2D eigenvalue weighted by Gasteiger charge is -2.33. The SMILES string of the molecule is CCN(CC(NC)c1ccccc1OC)C(C)CN(C)C. The molecular formula is C17H31N3O. The second-order valence-electron chi connectivity index (χ2n) is 5.78. The lowest BCUT2D eigenvalue weighted by Crippen LogP contribution is -2.43. The Morgan fingerprint density at radius 3 is 2.38 bits per heavy atom. The summed E-state index contributed by atoms with van der Waals surface area (Å²) >= 11 is 0. The van der Waals surface area contributed by atoms with Crippen LogP contribution in [0, 0.1) is 0 Å². The Kier molecular flexibility index (Phi) is 7.72. The fourth-order valence-corrected chi connectivity index (χ4v) is 2.80. The molecule has 120 valence electrons. The molecule has 0 aromatic heterocycles. The van der Waals surface area contributed by atoms with Gasteiger partial charge in [-0.05, 0) is 40.7 Å². The summed E-state index contributed by atoms with van der Waals surface area (Å²) in [5.74, 6) is 0.952. The first-order valence-electron chi connectivity index (χ1n) is 7.72. The quantitative estimate of drug-likeness (QED) is 0.755. The van der Waals surface area contributed by atoms with E-state index in [1.54, 1.807) is 7.11 Å². The first kappa shape index (κ1) is 18.0. The Bertz CT molecular complexity index is 409. The molecule has 0 spiro atoms. The molecule has 0 saturated carbocycles. The maximum atomic E-state index is 5.50. The van der Waals surface area contributed by atoms with E-state index in [1.165, 1.54) is 5.56 Å². The highest BCUT2D eigenvalue weighted by Crippen LogP contribution is 2.25. The number of hydrogen-bond donors (Lipinski definition) is 1. The third-order valence-corrected chi connectivity index (χ3v) is 3.94. The van der Waals surface area contributed by atoms with Gasteiger partial charge in [0.15, 0.2) is 0 Å². The number of hydrogen-bond acceptors (Lipinski definition) is 4. The second kappa shape index (κ2) is 9.03. The fraction of sp³-hybridized carbons (Fsp3) is 0.647. The zero-order valence-corrected chi connectivity index (χ0v) is 14.4. The summed E-state index contributed by atoms with van der Waals surface area (Å²) in [6.07, 6.45) is 0. The van der Waals surface area contributed by atoms with Crippen LogP contribution in [-0.2, 0) is 0 Å². The minimum atomic E-state index is 0.269. The van der Waals surface area contributed by atoms with Gasteiger partial charge >= 0.3 is 0 Å². The van der Waals surface area contributed by atoms with Crippen LogP contribution < -0.4 is 10.1 Å². The highest BCUT2D eigenvalue weighted by atomic mass is 16.5. The average Bonchev–Trinajstić information content (AvgIpc) is 2.47. The summed E-state index contributed by atoms with van der Waals surface area (Å²) in [4.78, 5) is 4.75. The second-order valence-corrected chi connectivity index (χ2v) is 5.78. The highest BCUT2D eigenvalue weighted by Gasteiger charge is 2.20. The monoisotopic (exact) mass is 293 g/mol. The maximum absolute atomic E-state index is 5.50. The fourth-order valence-electron chi connectivity index (χ4n) is 2.80. The Morgan fingerprint density at radius 2 is 1.86 bits per heavy atom. The molecule has 2 atom stereocenters. The average molecular weight is 293 g/mol. The van der Waals surface area contributed by atoms with Gasteiger partial charge in [-0.1, -0.05) is 25.1 Å². The van der Waals surface area contributed by atoms with E-state index < -0.39 is 0 Å². The minimum absolute atomic E-state index is 0.269. The molecule has 4 nitrogen and oxygen atoms in total. The van der Waals surface area contributed by atoms with Gasteiger partial charge in [-0.15, -0.1) is 0 Å². The number of para-hydroxylation sites is 1. The topological polar surface area (TPSA) is 27.7 Å². The smallest absolute Gasteiger partial charge is 0.123 e. The van der Waals surface area contributed by atoms with Gasteiger partial charge in [0.05, 0.1) is 7.11 Å². The van der Waals surface area contributed by atoms with Gasteiger partial charge in [-0.2, -0.15) is 0 Å². The van der Waals surface area contributed by atoms with Crippen molar-refractivity contribution in [2.45, 2.75) is 25.9 Å². The van der Waals surface area contributed by atoms with Gasteiger partial charge < -0.3 is 15.0 Å². The van der Waals surface area contributed by atoms with Crippen molar-refractivity contribution < 1.29 is 4.74 Å². The molecule has 0 aliphatic rings. The van der Waals surface area contributed by atoms with Crippen LogP contribution in [0.25, 0.3) is 0 Å². The first-order valence-corrected chi connectivity index (χ1v) is 7.72. The van der Waals surface area contributed by atoms with Gasteiger partial charge in [-0.25, -0.2) is 0 Å². The van der Waals surface area contributed by atoms with Crippen molar-refractivity contribution >= 4 is 0 Å². The molecule has 1 aromatic rings. The molecule has 0 amide bonds. The number of methoxy groups -OCH3 is 1. The molecule has 0 saturated heterocycles. The maximum Gasteiger partial charge on any atom is 0.123 e. The molecule has 4 heteroatoms. The van der Waals surface area contributed by atoms with Crippen LogP contribution in [0.15, 0.2) is 24.3 Å². The van der Waals surface area contributed by atoms with Gasteiger partial charge in [0, 0.05) is 30.7 Å². The van der Waals surface area contributed by atoms with Crippen LogP contribution in [0.3, 0.4) is 0 Å². The van der Waals surface area contributed by atoms with Gasteiger partial charge in [0.1, 0.15) is 5.75 Å². The van der Waals surface area contributed by atoms with E-state index in [2.05, 4.69) is 55.2 Å². The van der Waals surface area contributed by atoms with E-state index in [9.17, 15) is 0 Å². The standard InChI is InChI=1S/C17H31N3O/c1-7-20(14(2)12-19(4)5)13-16(18-3)15-10-8-9-11-17(15)21-6/h8-11,14,16,18H,7,12-13H2,1-6H3. The number of nitrogens with one attached hydrogen (secondary N) is 1. The van der Waals surface area contributed by atoms with Crippen molar-refractivity contribution in [2.24, 2.45) is 0 Å². The lowest BCUT2D eigenvalue weighted by molar-refractivity contribution is 0.166. The zero-order valence-electron chi connectivity index (χ0n) is 14.4. The van der Waals surface area contributed by atoms with Crippen LogP contribution >= 0.6 is 0 Å². The van der Waals surface area contributed by atoms with Crippen molar-refractivity contribution in [1.29, 1.82) is 0 Å². The van der Waals surface area contributed by atoms with E-state index in [0.717, 1.165) is 25.4 Å². The number of ether oxygens (including phenoxy) is 1. The first-order chi connectivity index (χ1) is 10.0. The number of rotatable bonds is 9. The van der Waals surface area contributed by atoms with Crippen molar-refractivity contribution in [2.75, 3.05) is 47.9 Å². The molecule has 1 N–H and O–H groups in total. The Labute approximate surface area is 130 Å². The molecule has 0 aliphatic heterocycles. The lowest BCUT2D eigenvalue weighted by atomic mass is 10.0. The molecule has 1 rings (SSSR count). The number of nitrogens with zero attached hydrogens (tertiary/aromatic N) is 2. The molecule has 2 unspecified atom stereocenters. The molecule has 1 aromatic carbocycles. The third-order valence-electron chi connectivity index (χ3n) is 3.94. The molecule has 0 heterocycles. The van der Waals surface area contributed by atoms with Crippen LogP contribution in [0.1, 0.15) is 25.5 Å². The van der Waals surface area contributed by atoms with Crippen LogP contribution in [-0.4, -0.2) is 63.7 Å². The van der Waals surface area contributed by atoms with E-state index in [-0.39, 0.29) is 6.04 Å². The van der Waals surface area contributed by atoms with Gasteiger partial charge in [0.2, 0.25) is 0 Å². The van der Waals surface area contributed by atoms with E-state index >= 15 is 0 Å². The largest absolute Gasteiger partial charge is 0.496 e. The molecule has 0 aliphatic carbocycles. The van der Waals surface area contributed by atoms with Gasteiger partial charge in [0.25, 0.3) is 0 Å². The molecule has 0 bridgehead atoms. The zero-order chi connectivity index (χ0) is 15.8. The molecule has 21 heavy (non-hydrogen) atoms. The van der Waals surface area contributed by atoms with Crippen molar-refractivity contribution in [1.82, 2.24) is 15.1 Å². The van der Waals surface area contributed by atoms with E-state index in [0.29, 0.717) is 6.04 Å². The van der Waals surface area contributed by atoms with E-state index in [4.69, 9.17) is 4.74 Å². The predicted molar refractivity (Wildman–Crippen MR) is 90.1 cm³/mol. The predicted octanol–water partition coefficient (Wildman–Crippen LogP) is 2.23. The van der Waals surface area contributed by atoms with Crippen LogP contribution in [0.2, 0.25) is 0 Å². The Balaban J connectivity index is 2.84. The number of likely N-dealkylation sites (N-methyl/N-ethyl adjacent to an activating group) is 3. The third kappa shape index (κ3) is 5.30. The van der Waals surface area contributed by atoms with Gasteiger partial charge in [-0.3, -0.25) is 4.90 Å². The van der Waals surface area contributed by atoms with Crippen molar-refractivity contribution in [3.05, 3.63) is 29.8 Å². The Hall–Kier alpha value is -1.10. The molecule has 0 radical (unpaired) electrons. The summed E-state index contributed by atoms with van der Waals surface area (Å²) in [6.45, 7) is 7.60. The Morgan fingerprint density at radius 1 is 1.19 bits per heavy atom. The summed E-state index contributed by atoms with van der Waals surface area (Å²) in [7, 11) is 8.00. The number of benzene rings is 1. The molecule has 0 fully saturated rings. The van der Waals surface area contributed by atoms with Crippen molar-refractivity contribution in [3.63, 3.8) is 0 Å². The van der Waals surface area contributed by atoms with Crippen molar-refractivity contribution in [3.8, 4) is 5.75 Å². The minimum Gasteiger partial charge on any atom is -0.496 e. The van der Waals surface area contributed by atoms with Crippen LogP contribution in [0.5, 0.6) is 5.75 Å². The highest BCUT2D eigenvalue weighted by molar-refractivity contribution is 5.36. The van der Waals surface area contributed by atoms with E-state index in [1.807, 2.05) is 19.2 Å². The molecular weight excluding hydrogens is 262 g/mol. The normalized spacial score (nSPS) is 14.5. The summed E-state index contributed by atoms with van der Waals surface area (Å²) in [6, 6.07) is 9.05. The summed E-state index contributed by atoms with van der Waals surface area (Å²) < 4.78 is 5.50.